The maximum absolute atomic E-state index is 11.6. The maximum atomic E-state index is 11.6. The first-order valence-electron chi connectivity index (χ1n) is 5.86. The third kappa shape index (κ3) is 4.93. The van der Waals surface area contributed by atoms with Gasteiger partial charge in [-0.1, -0.05) is 36.9 Å². The fraction of sp³-hybridized carbons (Fsp3) is 0.286. The van der Waals surface area contributed by atoms with Gasteiger partial charge in [-0.05, 0) is 18.1 Å². The van der Waals surface area contributed by atoms with E-state index in [1.165, 1.54) is 6.08 Å². The predicted molar refractivity (Wildman–Crippen MR) is 71.0 cm³/mol. The third-order valence-electron chi connectivity index (χ3n) is 2.53. The smallest absolute Gasteiger partial charge is 0.237 e. The van der Waals surface area contributed by atoms with Crippen LogP contribution in [0, 0.1) is 0 Å². The Hall–Kier alpha value is -1.94. The molecule has 1 amide bonds. The van der Waals surface area contributed by atoms with Crippen LogP contribution in [0.2, 0.25) is 0 Å². The molecule has 0 saturated heterocycles. The third-order valence-corrected chi connectivity index (χ3v) is 2.53. The summed E-state index contributed by atoms with van der Waals surface area (Å²) in [6.45, 7) is 3.66. The van der Waals surface area contributed by atoms with Gasteiger partial charge in [0, 0.05) is 13.0 Å². The zero-order valence-electron chi connectivity index (χ0n) is 10.3. The van der Waals surface area contributed by atoms with Crippen LogP contribution < -0.4 is 11.1 Å². The Balaban J connectivity index is 2.33. The predicted octanol–water partition coefficient (Wildman–Crippen LogP) is 0.818. The van der Waals surface area contributed by atoms with E-state index in [2.05, 4.69) is 11.9 Å². The van der Waals surface area contributed by atoms with Gasteiger partial charge in [-0.15, -0.1) is 0 Å². The van der Waals surface area contributed by atoms with Gasteiger partial charge in [0.25, 0.3) is 0 Å². The largest absolute Gasteiger partial charge is 0.354 e. The van der Waals surface area contributed by atoms with E-state index in [1.54, 1.807) is 0 Å². The molecule has 18 heavy (non-hydrogen) atoms. The second-order valence-electron chi connectivity index (χ2n) is 4.01. The minimum Gasteiger partial charge on any atom is -0.354 e. The first-order valence-corrected chi connectivity index (χ1v) is 5.86. The molecule has 1 aromatic carbocycles. The van der Waals surface area contributed by atoms with E-state index in [1.807, 2.05) is 30.3 Å². The second kappa shape index (κ2) is 7.40. The first-order chi connectivity index (χ1) is 8.63. The van der Waals surface area contributed by atoms with E-state index in [4.69, 9.17) is 5.73 Å². The molecule has 1 atom stereocenters. The summed E-state index contributed by atoms with van der Waals surface area (Å²) in [5.41, 5.74) is 6.80. The minimum atomic E-state index is -0.591. The molecule has 0 aromatic heterocycles. The molecule has 0 spiro atoms. The molecule has 4 heteroatoms. The van der Waals surface area contributed by atoms with Crippen LogP contribution in [0.4, 0.5) is 0 Å². The normalized spacial score (nSPS) is 11.6. The maximum Gasteiger partial charge on any atom is 0.237 e. The van der Waals surface area contributed by atoms with Crippen molar-refractivity contribution in [3.63, 3.8) is 0 Å². The fourth-order valence-corrected chi connectivity index (χ4v) is 1.50. The number of allylic oxidation sites excluding steroid dienone is 1. The summed E-state index contributed by atoms with van der Waals surface area (Å²) in [5.74, 6) is -0.331. The van der Waals surface area contributed by atoms with Crippen LogP contribution in [0.15, 0.2) is 43.0 Å². The number of nitrogens with two attached hydrogens (primary N) is 1. The molecule has 0 bridgehead atoms. The van der Waals surface area contributed by atoms with E-state index in [0.29, 0.717) is 13.0 Å². The van der Waals surface area contributed by atoms with Crippen molar-refractivity contribution in [2.24, 2.45) is 5.73 Å². The number of amides is 1. The lowest BCUT2D eigenvalue weighted by molar-refractivity contribution is -0.122. The summed E-state index contributed by atoms with van der Waals surface area (Å²) < 4.78 is 0. The van der Waals surface area contributed by atoms with E-state index in [9.17, 15) is 9.59 Å². The molecule has 3 N–H and O–H groups in total. The fourth-order valence-electron chi connectivity index (χ4n) is 1.50. The summed E-state index contributed by atoms with van der Waals surface area (Å²) >= 11 is 0. The minimum absolute atomic E-state index is 0.0908. The van der Waals surface area contributed by atoms with Gasteiger partial charge >= 0.3 is 0 Å². The van der Waals surface area contributed by atoms with Gasteiger partial charge in [-0.3, -0.25) is 9.59 Å². The highest BCUT2D eigenvalue weighted by Gasteiger charge is 2.13. The summed E-state index contributed by atoms with van der Waals surface area (Å²) in [6, 6.07) is 8.98. The Morgan fingerprint density at radius 2 is 2.00 bits per heavy atom. The molecule has 0 aliphatic rings. The molecule has 0 fully saturated rings. The van der Waals surface area contributed by atoms with Gasteiger partial charge in [0.1, 0.15) is 0 Å². The summed E-state index contributed by atoms with van der Waals surface area (Å²) in [5, 5.41) is 2.64. The highest BCUT2D eigenvalue weighted by atomic mass is 16.2. The first kappa shape index (κ1) is 14.1. The van der Waals surface area contributed by atoms with E-state index in [0.717, 1.165) is 5.56 Å². The van der Waals surface area contributed by atoms with Gasteiger partial charge in [0.05, 0.1) is 6.04 Å². The van der Waals surface area contributed by atoms with Crippen molar-refractivity contribution in [2.75, 3.05) is 6.54 Å². The van der Waals surface area contributed by atoms with Crippen molar-refractivity contribution < 1.29 is 9.59 Å². The molecule has 0 saturated carbocycles. The molecule has 1 rings (SSSR count). The molecule has 0 unspecified atom stereocenters. The summed E-state index contributed by atoms with van der Waals surface area (Å²) in [4.78, 5) is 22.6. The van der Waals surface area contributed by atoms with Crippen LogP contribution in [0.25, 0.3) is 0 Å². The number of hydrogen-bond donors (Lipinski definition) is 2. The van der Waals surface area contributed by atoms with Crippen molar-refractivity contribution in [1.82, 2.24) is 5.32 Å². The lowest BCUT2D eigenvalue weighted by Gasteiger charge is -2.11. The summed E-state index contributed by atoms with van der Waals surface area (Å²) in [7, 11) is 0. The summed E-state index contributed by atoms with van der Waals surface area (Å²) in [6.07, 6.45) is 1.99. The lowest BCUT2D eigenvalue weighted by atomic mass is 10.1. The average Bonchev–Trinajstić information content (AvgIpc) is 2.39. The second-order valence-corrected chi connectivity index (χ2v) is 4.01. The Labute approximate surface area is 107 Å². The highest BCUT2D eigenvalue weighted by Crippen LogP contribution is 2.01. The number of benzene rings is 1. The van der Waals surface area contributed by atoms with Gasteiger partial charge in [0.2, 0.25) is 5.91 Å². The topological polar surface area (TPSA) is 72.2 Å². The SMILES string of the molecule is C=CC(=O)CCNC(=O)[C@@H](N)Cc1ccccc1. The Morgan fingerprint density at radius 3 is 2.61 bits per heavy atom. The standard InChI is InChI=1S/C14H18N2O2/c1-2-12(17)8-9-16-14(18)13(15)10-11-6-4-3-5-7-11/h2-7,13H,1,8-10,15H2,(H,16,18)/t13-/m0/s1. The Bertz CT molecular complexity index is 415. The van der Waals surface area contributed by atoms with Crippen LogP contribution in [-0.2, 0) is 16.0 Å². The molecule has 4 nitrogen and oxygen atoms in total. The Kier molecular flexibility index (Phi) is 5.80. The lowest BCUT2D eigenvalue weighted by Crippen LogP contribution is -2.42. The van der Waals surface area contributed by atoms with Crippen LogP contribution in [0.3, 0.4) is 0 Å². The zero-order valence-corrected chi connectivity index (χ0v) is 10.3. The van der Waals surface area contributed by atoms with E-state index >= 15 is 0 Å². The van der Waals surface area contributed by atoms with E-state index in [-0.39, 0.29) is 18.1 Å². The van der Waals surface area contributed by atoms with Gasteiger partial charge in [-0.25, -0.2) is 0 Å². The number of ketones is 1. The molecular weight excluding hydrogens is 228 g/mol. The van der Waals surface area contributed by atoms with Gasteiger partial charge < -0.3 is 11.1 Å². The molecule has 0 aliphatic heterocycles. The van der Waals surface area contributed by atoms with Crippen molar-refractivity contribution >= 4 is 11.7 Å². The molecule has 0 heterocycles. The highest BCUT2D eigenvalue weighted by molar-refractivity contribution is 5.89. The Morgan fingerprint density at radius 1 is 1.33 bits per heavy atom. The van der Waals surface area contributed by atoms with Crippen LogP contribution in [0.5, 0.6) is 0 Å². The zero-order chi connectivity index (χ0) is 13.4. The number of rotatable bonds is 7. The molecule has 0 aliphatic carbocycles. The van der Waals surface area contributed by atoms with Crippen molar-refractivity contribution in [2.45, 2.75) is 18.9 Å². The van der Waals surface area contributed by atoms with Crippen molar-refractivity contribution in [3.8, 4) is 0 Å². The number of hydrogen-bond acceptors (Lipinski definition) is 3. The monoisotopic (exact) mass is 246 g/mol. The number of carbonyl (C=O) groups excluding carboxylic acids is 2. The molecule has 1 aromatic rings. The van der Waals surface area contributed by atoms with E-state index < -0.39 is 6.04 Å². The van der Waals surface area contributed by atoms with Crippen molar-refractivity contribution in [3.05, 3.63) is 48.6 Å². The quantitative estimate of drug-likeness (QED) is 0.700. The molecule has 96 valence electrons. The van der Waals surface area contributed by atoms with Gasteiger partial charge in [0.15, 0.2) is 5.78 Å². The van der Waals surface area contributed by atoms with Crippen LogP contribution in [0.1, 0.15) is 12.0 Å². The average molecular weight is 246 g/mol. The molecular formula is C14H18N2O2. The van der Waals surface area contributed by atoms with Gasteiger partial charge in [-0.2, -0.15) is 0 Å². The number of nitrogens with one attached hydrogen (secondary N) is 1. The number of carbonyl (C=O) groups is 2. The van der Waals surface area contributed by atoms with Crippen molar-refractivity contribution in [1.29, 1.82) is 0 Å². The molecule has 0 radical (unpaired) electrons. The van der Waals surface area contributed by atoms with Crippen LogP contribution in [-0.4, -0.2) is 24.3 Å². The van der Waals surface area contributed by atoms with Crippen LogP contribution >= 0.6 is 0 Å².